The van der Waals surface area contributed by atoms with Crippen LogP contribution in [-0.2, 0) is 15.1 Å². The molecular weight excluding hydrogens is 254 g/mol. The average Bonchev–Trinajstić information content (AvgIpc) is 2.72. The summed E-state index contributed by atoms with van der Waals surface area (Å²) >= 11 is 0. The minimum Gasteiger partial charge on any atom is -0.372 e. The van der Waals surface area contributed by atoms with Crippen molar-refractivity contribution in [3.8, 4) is 0 Å². The largest absolute Gasteiger partial charge is 0.372 e. The van der Waals surface area contributed by atoms with Gasteiger partial charge in [0.15, 0.2) is 5.60 Å². The Balaban J connectivity index is 2.20. The summed E-state index contributed by atoms with van der Waals surface area (Å²) in [5, 5.41) is 11.0. The fraction of sp³-hybridized carbons (Fsp3) is 0.188. The molecule has 1 amide bonds. The second-order valence-electron chi connectivity index (χ2n) is 4.74. The minimum absolute atomic E-state index is 0.116. The lowest BCUT2D eigenvalue weighted by Gasteiger charge is -2.23. The lowest BCUT2D eigenvalue weighted by molar-refractivity contribution is -0.133. The number of methoxy groups -OCH3 is 1. The van der Waals surface area contributed by atoms with Crippen molar-refractivity contribution in [2.75, 3.05) is 18.7 Å². The molecule has 1 aliphatic rings. The summed E-state index contributed by atoms with van der Waals surface area (Å²) in [5.41, 5.74) is 0.200. The van der Waals surface area contributed by atoms with Crippen molar-refractivity contribution in [3.63, 3.8) is 0 Å². The molecule has 4 nitrogen and oxygen atoms in total. The van der Waals surface area contributed by atoms with Gasteiger partial charge in [0.2, 0.25) is 0 Å². The van der Waals surface area contributed by atoms with Gasteiger partial charge in [-0.3, -0.25) is 9.69 Å². The molecule has 0 fully saturated rings. The Labute approximate surface area is 117 Å². The fourth-order valence-electron chi connectivity index (χ4n) is 2.65. The Bertz CT molecular complexity index is 641. The first-order valence-corrected chi connectivity index (χ1v) is 6.38. The first-order chi connectivity index (χ1) is 9.69. The summed E-state index contributed by atoms with van der Waals surface area (Å²) < 4.78 is 5.08. The number of aliphatic hydroxyl groups is 1. The molecule has 0 radical (unpaired) electrons. The molecule has 1 N–H and O–H groups in total. The Morgan fingerprint density at radius 2 is 1.75 bits per heavy atom. The molecule has 1 aliphatic heterocycles. The lowest BCUT2D eigenvalue weighted by Crippen LogP contribution is -2.41. The van der Waals surface area contributed by atoms with Crippen molar-refractivity contribution < 1.29 is 14.6 Å². The third-order valence-electron chi connectivity index (χ3n) is 3.59. The third-order valence-corrected chi connectivity index (χ3v) is 3.59. The number of hydrogen-bond acceptors (Lipinski definition) is 3. The van der Waals surface area contributed by atoms with Crippen LogP contribution in [0.4, 0.5) is 5.69 Å². The van der Waals surface area contributed by atoms with Crippen LogP contribution in [0, 0.1) is 0 Å². The number of nitrogens with zero attached hydrogens (tertiary/aromatic N) is 1. The number of fused-ring (bicyclic) bond motifs is 1. The molecule has 3 rings (SSSR count). The molecular formula is C16H15NO3. The van der Waals surface area contributed by atoms with Crippen LogP contribution in [0.2, 0.25) is 0 Å². The first kappa shape index (κ1) is 12.8. The maximum Gasteiger partial charge on any atom is 0.270 e. The van der Waals surface area contributed by atoms with Crippen LogP contribution in [0.5, 0.6) is 0 Å². The van der Waals surface area contributed by atoms with Crippen LogP contribution in [0.25, 0.3) is 0 Å². The van der Waals surface area contributed by atoms with Crippen molar-refractivity contribution in [2.45, 2.75) is 5.60 Å². The topological polar surface area (TPSA) is 49.8 Å². The second-order valence-corrected chi connectivity index (χ2v) is 4.74. The van der Waals surface area contributed by atoms with Gasteiger partial charge in [-0.25, -0.2) is 0 Å². The van der Waals surface area contributed by atoms with Gasteiger partial charge in [0.25, 0.3) is 5.91 Å². The van der Waals surface area contributed by atoms with E-state index in [1.807, 2.05) is 36.4 Å². The van der Waals surface area contributed by atoms with Crippen LogP contribution in [-0.4, -0.2) is 24.9 Å². The summed E-state index contributed by atoms with van der Waals surface area (Å²) in [6.07, 6.45) is 0. The normalized spacial score (nSPS) is 21.1. The van der Waals surface area contributed by atoms with E-state index in [0.29, 0.717) is 16.8 Å². The summed E-state index contributed by atoms with van der Waals surface area (Å²) in [6, 6.07) is 16.2. The molecule has 2 aromatic carbocycles. The van der Waals surface area contributed by atoms with E-state index in [9.17, 15) is 9.90 Å². The molecule has 0 bridgehead atoms. The fourth-order valence-corrected chi connectivity index (χ4v) is 2.65. The zero-order chi connectivity index (χ0) is 14.2. The van der Waals surface area contributed by atoms with Crippen LogP contribution < -0.4 is 4.90 Å². The number of hydrogen-bond donors (Lipinski definition) is 1. The number of rotatable bonds is 3. The molecule has 1 heterocycles. The van der Waals surface area contributed by atoms with Crippen molar-refractivity contribution >= 4 is 11.6 Å². The number of ether oxygens (including phenoxy) is 1. The molecule has 20 heavy (non-hydrogen) atoms. The summed E-state index contributed by atoms with van der Waals surface area (Å²) in [4.78, 5) is 14.1. The van der Waals surface area contributed by atoms with Gasteiger partial charge in [-0.1, -0.05) is 48.5 Å². The lowest BCUT2D eigenvalue weighted by atomic mass is 9.88. The van der Waals surface area contributed by atoms with Crippen molar-refractivity contribution in [1.29, 1.82) is 0 Å². The van der Waals surface area contributed by atoms with Crippen molar-refractivity contribution in [3.05, 3.63) is 65.7 Å². The van der Waals surface area contributed by atoms with Crippen molar-refractivity contribution in [1.82, 2.24) is 0 Å². The molecule has 1 unspecified atom stereocenters. The molecule has 102 valence electrons. The monoisotopic (exact) mass is 269 g/mol. The van der Waals surface area contributed by atoms with E-state index < -0.39 is 5.60 Å². The van der Waals surface area contributed by atoms with E-state index >= 15 is 0 Å². The third kappa shape index (κ3) is 1.66. The smallest absolute Gasteiger partial charge is 0.270 e. The highest BCUT2D eigenvalue weighted by molar-refractivity contribution is 6.08. The van der Waals surface area contributed by atoms with Gasteiger partial charge in [-0.15, -0.1) is 0 Å². The Morgan fingerprint density at radius 1 is 1.10 bits per heavy atom. The predicted molar refractivity (Wildman–Crippen MR) is 75.2 cm³/mol. The van der Waals surface area contributed by atoms with Crippen LogP contribution in [0.3, 0.4) is 0 Å². The number of carbonyl (C=O) groups excluding carboxylic acids is 1. The van der Waals surface area contributed by atoms with E-state index in [2.05, 4.69) is 0 Å². The maximum atomic E-state index is 12.7. The van der Waals surface area contributed by atoms with Gasteiger partial charge in [-0.05, 0) is 11.6 Å². The number of amides is 1. The van der Waals surface area contributed by atoms with Gasteiger partial charge in [0.05, 0.1) is 5.69 Å². The van der Waals surface area contributed by atoms with E-state index in [1.54, 1.807) is 18.2 Å². The zero-order valence-corrected chi connectivity index (χ0v) is 11.1. The first-order valence-electron chi connectivity index (χ1n) is 6.38. The number of para-hydroxylation sites is 1. The van der Waals surface area contributed by atoms with Gasteiger partial charge in [0, 0.05) is 12.7 Å². The van der Waals surface area contributed by atoms with Gasteiger partial charge in [0.1, 0.15) is 6.73 Å². The molecule has 0 saturated heterocycles. The SMILES string of the molecule is COCN1C(=O)C(O)(c2ccccc2)c2ccccc21. The number of benzene rings is 2. The predicted octanol–water partition coefficient (Wildman–Crippen LogP) is 1.87. The maximum absolute atomic E-state index is 12.7. The number of anilines is 1. The zero-order valence-electron chi connectivity index (χ0n) is 11.1. The Hall–Kier alpha value is -2.17. The molecule has 4 heteroatoms. The van der Waals surface area contributed by atoms with Crippen LogP contribution in [0.15, 0.2) is 54.6 Å². The Morgan fingerprint density at radius 3 is 2.45 bits per heavy atom. The Kier molecular flexibility index (Phi) is 3.04. The van der Waals surface area contributed by atoms with Gasteiger partial charge < -0.3 is 9.84 Å². The highest BCUT2D eigenvalue weighted by atomic mass is 16.5. The summed E-state index contributed by atoms with van der Waals surface area (Å²) in [5.74, 6) is -0.383. The van der Waals surface area contributed by atoms with Gasteiger partial charge >= 0.3 is 0 Å². The minimum atomic E-state index is -1.64. The standard InChI is InChI=1S/C16H15NO3/c1-20-11-17-14-10-6-5-9-13(14)16(19,15(17)18)12-7-3-2-4-8-12/h2-10,19H,11H2,1H3. The quantitative estimate of drug-likeness (QED) is 0.925. The molecule has 0 aliphatic carbocycles. The summed E-state index contributed by atoms with van der Waals surface area (Å²) in [6.45, 7) is 0.116. The van der Waals surface area contributed by atoms with Crippen LogP contribution in [0.1, 0.15) is 11.1 Å². The molecule has 2 aromatic rings. The average molecular weight is 269 g/mol. The van der Waals surface area contributed by atoms with E-state index in [0.717, 1.165) is 0 Å². The van der Waals surface area contributed by atoms with E-state index in [4.69, 9.17) is 4.74 Å². The molecule has 0 saturated carbocycles. The molecule has 0 spiro atoms. The summed E-state index contributed by atoms with van der Waals surface area (Å²) in [7, 11) is 1.52. The molecule has 0 aromatic heterocycles. The highest BCUT2D eigenvalue weighted by Gasteiger charge is 2.50. The van der Waals surface area contributed by atoms with E-state index in [1.165, 1.54) is 12.0 Å². The highest BCUT2D eigenvalue weighted by Crippen LogP contribution is 2.43. The van der Waals surface area contributed by atoms with Crippen LogP contribution >= 0.6 is 0 Å². The van der Waals surface area contributed by atoms with E-state index in [-0.39, 0.29) is 12.6 Å². The van der Waals surface area contributed by atoms with Gasteiger partial charge in [-0.2, -0.15) is 0 Å². The second kappa shape index (κ2) is 4.74. The van der Waals surface area contributed by atoms with Crippen molar-refractivity contribution in [2.24, 2.45) is 0 Å². The molecule has 1 atom stereocenters. The number of carbonyl (C=O) groups is 1.